The van der Waals surface area contributed by atoms with E-state index in [1.54, 1.807) is 13.8 Å². The topological polar surface area (TPSA) is 136 Å². The van der Waals surface area contributed by atoms with Gasteiger partial charge in [0.15, 0.2) is 0 Å². The van der Waals surface area contributed by atoms with Crippen molar-refractivity contribution in [3.8, 4) is 0 Å². The highest BCUT2D eigenvalue weighted by Crippen LogP contribution is 1.90. The van der Waals surface area contributed by atoms with Gasteiger partial charge in [0.2, 0.25) is 0 Å². The molecule has 0 heterocycles. The number of unbranched alkanes of at least 4 members (excludes halogenated alkanes) is 1. The Kier molecular flexibility index (Phi) is 28.2. The largest absolute Gasteiger partial charge is 0.478 e. The van der Waals surface area contributed by atoms with Crippen LogP contribution in [0, 0.1) is 0 Å². The van der Waals surface area contributed by atoms with Gasteiger partial charge in [0.05, 0.1) is 20.3 Å². The van der Waals surface area contributed by atoms with Crippen molar-refractivity contribution in [2.45, 2.75) is 40.5 Å². The lowest BCUT2D eigenvalue weighted by Gasteiger charge is -1.99. The van der Waals surface area contributed by atoms with Crippen molar-refractivity contribution in [3.05, 3.63) is 49.1 Å². The van der Waals surface area contributed by atoms with E-state index in [-0.39, 0.29) is 30.7 Å². The van der Waals surface area contributed by atoms with Crippen LogP contribution >= 0.6 is 0 Å². The predicted molar refractivity (Wildman–Crippen MR) is 118 cm³/mol. The van der Waals surface area contributed by atoms with Crippen LogP contribution < -0.4 is 0 Å². The third-order valence-corrected chi connectivity index (χ3v) is 2.48. The molecule has 0 fully saturated rings. The summed E-state index contributed by atoms with van der Waals surface area (Å²) in [5.41, 5.74) is 0.959. The molecule has 0 saturated heterocycles. The average Bonchev–Trinajstić information content (AvgIpc) is 2.72. The molecule has 0 amide bonds. The number of hydrogen-bond acceptors (Lipinski definition) is 8. The number of carboxylic acid groups (broad SMARTS) is 1. The maximum atomic E-state index is 10.5. The summed E-state index contributed by atoms with van der Waals surface area (Å²) in [6.07, 6.45) is 3.15. The molecule has 0 aliphatic rings. The lowest BCUT2D eigenvalue weighted by atomic mass is 10.4. The SMILES string of the molecule is C=C(C)C(=O)O.C=C(C)C(=O)OC.C=C(C)C(=O)OCCO.C=CC(=O)OCCCC. The minimum Gasteiger partial charge on any atom is -0.478 e. The normalized spacial score (nSPS) is 8.19. The quantitative estimate of drug-likeness (QED) is 0.238. The van der Waals surface area contributed by atoms with E-state index < -0.39 is 11.9 Å². The van der Waals surface area contributed by atoms with Gasteiger partial charge in [-0.25, -0.2) is 19.2 Å². The average molecular weight is 445 g/mol. The second-order valence-electron chi connectivity index (χ2n) is 5.72. The summed E-state index contributed by atoms with van der Waals surface area (Å²) in [7, 11) is 1.33. The molecule has 0 unspecified atom stereocenters. The minimum atomic E-state index is -0.935. The van der Waals surface area contributed by atoms with Crippen LogP contribution in [0.4, 0.5) is 0 Å². The van der Waals surface area contributed by atoms with Gasteiger partial charge in [-0.2, -0.15) is 0 Å². The molecular weight excluding hydrogens is 408 g/mol. The van der Waals surface area contributed by atoms with Crippen molar-refractivity contribution in [3.63, 3.8) is 0 Å². The highest BCUT2D eigenvalue weighted by molar-refractivity contribution is 5.87. The molecule has 0 aliphatic heterocycles. The molecule has 0 bridgehead atoms. The monoisotopic (exact) mass is 444 g/mol. The van der Waals surface area contributed by atoms with E-state index in [4.69, 9.17) is 10.2 Å². The van der Waals surface area contributed by atoms with E-state index in [1.807, 2.05) is 6.92 Å². The van der Waals surface area contributed by atoms with Crippen LogP contribution in [0.15, 0.2) is 49.1 Å². The molecule has 0 spiro atoms. The van der Waals surface area contributed by atoms with E-state index in [2.05, 4.69) is 40.5 Å². The van der Waals surface area contributed by atoms with Gasteiger partial charge in [-0.3, -0.25) is 0 Å². The third kappa shape index (κ3) is 34.7. The zero-order valence-corrected chi connectivity index (χ0v) is 19.2. The fraction of sp³-hybridized carbons (Fsp3) is 0.455. The van der Waals surface area contributed by atoms with Crippen LogP contribution in [0.2, 0.25) is 0 Å². The summed E-state index contributed by atoms with van der Waals surface area (Å²) in [6, 6.07) is 0. The Hall–Kier alpha value is -3.20. The molecular formula is C22H36O9. The van der Waals surface area contributed by atoms with Crippen LogP contribution in [0.25, 0.3) is 0 Å². The van der Waals surface area contributed by atoms with Crippen molar-refractivity contribution < 1.29 is 43.6 Å². The van der Waals surface area contributed by atoms with Gasteiger partial charge in [0.1, 0.15) is 6.61 Å². The smallest absolute Gasteiger partial charge is 0.333 e. The molecule has 0 atom stereocenters. The first-order chi connectivity index (χ1) is 14.3. The molecule has 31 heavy (non-hydrogen) atoms. The van der Waals surface area contributed by atoms with Gasteiger partial charge < -0.3 is 24.4 Å². The number of esters is 3. The van der Waals surface area contributed by atoms with Crippen molar-refractivity contribution in [2.24, 2.45) is 0 Å². The van der Waals surface area contributed by atoms with Gasteiger partial charge in [-0.05, 0) is 27.2 Å². The predicted octanol–water partition coefficient (Wildman–Crippen LogP) is 3.00. The van der Waals surface area contributed by atoms with Crippen LogP contribution in [0.3, 0.4) is 0 Å². The highest BCUT2D eigenvalue weighted by Gasteiger charge is 2.00. The number of carbonyl (C=O) groups is 4. The zero-order chi connectivity index (χ0) is 25.4. The molecule has 9 heteroatoms. The Morgan fingerprint density at radius 3 is 1.55 bits per heavy atom. The summed E-state index contributed by atoms with van der Waals surface area (Å²) in [5, 5.41) is 16.1. The molecule has 0 radical (unpaired) electrons. The maximum Gasteiger partial charge on any atom is 0.333 e. The van der Waals surface area contributed by atoms with Gasteiger partial charge in [-0.15, -0.1) is 0 Å². The molecule has 0 aliphatic carbocycles. The molecule has 2 N–H and O–H groups in total. The second kappa shape index (κ2) is 24.8. The number of ether oxygens (including phenoxy) is 3. The molecule has 0 aromatic carbocycles. The highest BCUT2D eigenvalue weighted by atomic mass is 16.5. The summed E-state index contributed by atoms with van der Waals surface area (Å²) in [5.74, 6) is -2.07. The van der Waals surface area contributed by atoms with E-state index in [0.29, 0.717) is 17.8 Å². The first kappa shape index (κ1) is 35.3. The van der Waals surface area contributed by atoms with E-state index in [9.17, 15) is 19.2 Å². The van der Waals surface area contributed by atoms with E-state index in [0.717, 1.165) is 12.8 Å². The Labute approximate surface area is 184 Å². The fourth-order valence-corrected chi connectivity index (χ4v) is 0.812. The molecule has 0 aromatic rings. The van der Waals surface area contributed by atoms with Crippen LogP contribution in [-0.2, 0) is 33.4 Å². The van der Waals surface area contributed by atoms with Gasteiger partial charge in [0, 0.05) is 22.8 Å². The van der Waals surface area contributed by atoms with E-state index in [1.165, 1.54) is 20.1 Å². The number of aliphatic carboxylic acids is 1. The Balaban J connectivity index is -0.000000159. The molecule has 178 valence electrons. The fourth-order valence-electron chi connectivity index (χ4n) is 0.812. The van der Waals surface area contributed by atoms with Crippen molar-refractivity contribution in [1.29, 1.82) is 0 Å². The van der Waals surface area contributed by atoms with Crippen molar-refractivity contribution in [1.82, 2.24) is 0 Å². The number of methoxy groups -OCH3 is 1. The van der Waals surface area contributed by atoms with Gasteiger partial charge in [-0.1, -0.05) is 39.7 Å². The summed E-state index contributed by atoms with van der Waals surface area (Å²) in [6.45, 7) is 20.2. The zero-order valence-electron chi connectivity index (χ0n) is 19.2. The number of rotatable bonds is 9. The summed E-state index contributed by atoms with van der Waals surface area (Å²) < 4.78 is 13.4. The lowest BCUT2D eigenvalue weighted by Crippen LogP contribution is -2.08. The number of carboxylic acids is 1. The molecule has 0 saturated carbocycles. The van der Waals surface area contributed by atoms with Crippen LogP contribution in [0.5, 0.6) is 0 Å². The van der Waals surface area contributed by atoms with Crippen LogP contribution in [0.1, 0.15) is 40.5 Å². The van der Waals surface area contributed by atoms with Gasteiger partial charge >= 0.3 is 23.9 Å². The number of carbonyl (C=O) groups excluding carboxylic acids is 3. The number of hydrogen-bond donors (Lipinski definition) is 2. The first-order valence-electron chi connectivity index (χ1n) is 9.17. The van der Waals surface area contributed by atoms with Crippen molar-refractivity contribution in [2.75, 3.05) is 26.9 Å². The Bertz CT molecular complexity index is 590. The third-order valence-electron chi connectivity index (χ3n) is 2.48. The molecule has 0 aromatic heterocycles. The van der Waals surface area contributed by atoms with E-state index >= 15 is 0 Å². The standard InChI is InChI=1S/C7H12O2.C6H10O3.C5H8O2.C4H6O2/c1-3-5-6-9-7(8)4-2;1-5(2)6(8)9-4-3-7;1-4(2)5(6)7-3;1-3(2)4(5)6/h4H,2-3,5-6H2,1H3;7H,1,3-4H2,2H3;1H2,2-3H3;1H2,2H3,(H,5,6). The Morgan fingerprint density at radius 2 is 1.32 bits per heavy atom. The maximum absolute atomic E-state index is 10.5. The lowest BCUT2D eigenvalue weighted by molar-refractivity contribution is -0.140. The van der Waals surface area contributed by atoms with Crippen molar-refractivity contribution >= 4 is 23.9 Å². The summed E-state index contributed by atoms with van der Waals surface area (Å²) in [4.78, 5) is 40.6. The minimum absolute atomic E-state index is 0.0473. The number of aliphatic hydroxyl groups is 1. The molecule has 0 rings (SSSR count). The first-order valence-corrected chi connectivity index (χ1v) is 9.17. The van der Waals surface area contributed by atoms with Crippen LogP contribution in [-0.4, -0.2) is 61.0 Å². The molecule has 9 nitrogen and oxygen atoms in total. The summed E-state index contributed by atoms with van der Waals surface area (Å²) >= 11 is 0. The Morgan fingerprint density at radius 1 is 0.871 bits per heavy atom. The van der Waals surface area contributed by atoms with Gasteiger partial charge in [0.25, 0.3) is 0 Å². The second-order valence-corrected chi connectivity index (χ2v) is 5.72. The number of aliphatic hydroxyl groups excluding tert-OH is 1.